The lowest BCUT2D eigenvalue weighted by Gasteiger charge is -2.48. The van der Waals surface area contributed by atoms with Crippen LogP contribution in [0.4, 0.5) is 0 Å². The van der Waals surface area contributed by atoms with E-state index in [0.29, 0.717) is 6.42 Å². The van der Waals surface area contributed by atoms with E-state index < -0.39 is 5.60 Å². The molecule has 17 heavy (non-hydrogen) atoms. The van der Waals surface area contributed by atoms with Gasteiger partial charge in [0.25, 0.3) is 0 Å². The van der Waals surface area contributed by atoms with E-state index in [1.807, 2.05) is 6.92 Å². The quantitative estimate of drug-likeness (QED) is 0.637. The Labute approximate surface area is 105 Å². The second-order valence-electron chi connectivity index (χ2n) is 7.16. The first-order chi connectivity index (χ1) is 7.67. The molecule has 2 rings (SSSR count). The maximum atomic E-state index is 10.2. The fraction of sp³-hybridized carbons (Fsp3) is 0.867. The van der Waals surface area contributed by atoms with Crippen molar-refractivity contribution in [2.24, 2.45) is 10.8 Å². The number of aliphatic hydroxyl groups excluding tert-OH is 1. The molecule has 0 aromatic carbocycles. The maximum absolute atomic E-state index is 10.2. The molecule has 0 spiro atoms. The summed E-state index contributed by atoms with van der Waals surface area (Å²) in [5, 5.41) is 20.5. The van der Waals surface area contributed by atoms with E-state index in [1.54, 1.807) is 0 Å². The van der Waals surface area contributed by atoms with Gasteiger partial charge >= 0.3 is 0 Å². The van der Waals surface area contributed by atoms with E-state index in [-0.39, 0.29) is 16.9 Å². The molecule has 98 valence electrons. The second kappa shape index (κ2) is 3.83. The molecule has 0 aliphatic heterocycles. The Morgan fingerprint density at radius 1 is 1.12 bits per heavy atom. The molecular weight excluding hydrogens is 212 g/mol. The van der Waals surface area contributed by atoms with Crippen LogP contribution in [-0.2, 0) is 0 Å². The van der Waals surface area contributed by atoms with Crippen LogP contribution >= 0.6 is 0 Å². The molecule has 0 unspecified atom stereocenters. The minimum Gasteiger partial charge on any atom is -0.392 e. The summed E-state index contributed by atoms with van der Waals surface area (Å²) < 4.78 is 0. The summed E-state index contributed by atoms with van der Waals surface area (Å²) in [4.78, 5) is 0. The third-order valence-electron chi connectivity index (χ3n) is 5.11. The van der Waals surface area contributed by atoms with Crippen LogP contribution in [0, 0.1) is 10.8 Å². The minimum atomic E-state index is -0.575. The molecule has 3 atom stereocenters. The highest BCUT2D eigenvalue weighted by molar-refractivity contribution is 5.27. The monoisotopic (exact) mass is 238 g/mol. The Kier molecular flexibility index (Phi) is 2.95. The van der Waals surface area contributed by atoms with Crippen molar-refractivity contribution in [3.05, 3.63) is 11.6 Å². The highest BCUT2D eigenvalue weighted by Gasteiger charge is 2.47. The summed E-state index contributed by atoms with van der Waals surface area (Å²) in [6, 6.07) is 0. The SMILES string of the molecule is CC1(C)C2=CC[C@@](C)(O)CC[C@]2(C)CC[C@@H]1O. The Morgan fingerprint density at radius 3 is 2.41 bits per heavy atom. The summed E-state index contributed by atoms with van der Waals surface area (Å²) in [6.45, 7) is 8.50. The van der Waals surface area contributed by atoms with Gasteiger partial charge in [-0.1, -0.05) is 32.4 Å². The third kappa shape index (κ3) is 2.17. The highest BCUT2D eigenvalue weighted by atomic mass is 16.3. The van der Waals surface area contributed by atoms with Crippen LogP contribution in [0.1, 0.15) is 59.8 Å². The second-order valence-corrected chi connectivity index (χ2v) is 7.16. The van der Waals surface area contributed by atoms with Crippen molar-refractivity contribution in [3.8, 4) is 0 Å². The number of aliphatic hydroxyl groups is 2. The van der Waals surface area contributed by atoms with Crippen LogP contribution < -0.4 is 0 Å². The lowest BCUT2D eigenvalue weighted by molar-refractivity contribution is 0.00515. The average molecular weight is 238 g/mol. The fourth-order valence-corrected chi connectivity index (χ4v) is 3.65. The van der Waals surface area contributed by atoms with Gasteiger partial charge in [-0.3, -0.25) is 0 Å². The molecular formula is C15H26O2. The van der Waals surface area contributed by atoms with Crippen LogP contribution in [0.5, 0.6) is 0 Å². The first-order valence-corrected chi connectivity index (χ1v) is 6.79. The van der Waals surface area contributed by atoms with Gasteiger partial charge in [0, 0.05) is 5.41 Å². The van der Waals surface area contributed by atoms with Crippen molar-refractivity contribution in [3.63, 3.8) is 0 Å². The van der Waals surface area contributed by atoms with Crippen molar-refractivity contribution < 1.29 is 10.2 Å². The van der Waals surface area contributed by atoms with E-state index >= 15 is 0 Å². The smallest absolute Gasteiger partial charge is 0.0654 e. The van der Waals surface area contributed by atoms with Crippen molar-refractivity contribution >= 4 is 0 Å². The Morgan fingerprint density at radius 2 is 1.76 bits per heavy atom. The summed E-state index contributed by atoms with van der Waals surface area (Å²) >= 11 is 0. The zero-order valence-corrected chi connectivity index (χ0v) is 11.6. The molecule has 2 aliphatic carbocycles. The van der Waals surface area contributed by atoms with Gasteiger partial charge < -0.3 is 10.2 Å². The Bertz CT molecular complexity index is 341. The maximum Gasteiger partial charge on any atom is 0.0654 e. The average Bonchev–Trinajstić information content (AvgIpc) is 2.33. The van der Waals surface area contributed by atoms with Crippen LogP contribution in [0.15, 0.2) is 11.6 Å². The minimum absolute atomic E-state index is 0.145. The predicted octanol–water partition coefficient (Wildman–Crippen LogP) is 3.03. The largest absolute Gasteiger partial charge is 0.392 e. The number of hydrogen-bond acceptors (Lipinski definition) is 2. The molecule has 0 aromatic rings. The lowest BCUT2D eigenvalue weighted by atomic mass is 9.58. The molecule has 2 N–H and O–H groups in total. The summed E-state index contributed by atoms with van der Waals surface area (Å²) in [6.07, 6.45) is 6.48. The topological polar surface area (TPSA) is 40.5 Å². The van der Waals surface area contributed by atoms with Gasteiger partial charge in [0.05, 0.1) is 11.7 Å². The third-order valence-corrected chi connectivity index (χ3v) is 5.11. The van der Waals surface area contributed by atoms with Gasteiger partial charge in [-0.25, -0.2) is 0 Å². The molecule has 1 saturated carbocycles. The molecule has 1 fully saturated rings. The van der Waals surface area contributed by atoms with Crippen molar-refractivity contribution in [2.45, 2.75) is 71.5 Å². The summed E-state index contributed by atoms with van der Waals surface area (Å²) in [7, 11) is 0. The summed E-state index contributed by atoms with van der Waals surface area (Å²) in [5.41, 5.74) is 0.812. The molecule has 2 heteroatoms. The number of fused-ring (bicyclic) bond motifs is 1. The summed E-state index contributed by atoms with van der Waals surface area (Å²) in [5.74, 6) is 0. The number of hydrogen-bond donors (Lipinski definition) is 2. The Hall–Kier alpha value is -0.340. The van der Waals surface area contributed by atoms with Crippen LogP contribution in [0.25, 0.3) is 0 Å². The van der Waals surface area contributed by atoms with Gasteiger partial charge in [0.2, 0.25) is 0 Å². The first-order valence-electron chi connectivity index (χ1n) is 6.79. The zero-order valence-electron chi connectivity index (χ0n) is 11.6. The highest BCUT2D eigenvalue weighted by Crippen LogP contribution is 2.55. The molecule has 0 heterocycles. The molecule has 2 aliphatic rings. The number of rotatable bonds is 0. The normalized spacial score (nSPS) is 45.8. The molecule has 0 amide bonds. The van der Waals surface area contributed by atoms with E-state index in [9.17, 15) is 10.2 Å². The van der Waals surface area contributed by atoms with Gasteiger partial charge in [-0.05, 0) is 44.4 Å². The van der Waals surface area contributed by atoms with E-state index in [4.69, 9.17) is 0 Å². The van der Waals surface area contributed by atoms with Crippen LogP contribution in [0.2, 0.25) is 0 Å². The van der Waals surface area contributed by atoms with Gasteiger partial charge in [-0.15, -0.1) is 0 Å². The van der Waals surface area contributed by atoms with Gasteiger partial charge in [0.1, 0.15) is 0 Å². The molecule has 0 radical (unpaired) electrons. The van der Waals surface area contributed by atoms with E-state index in [1.165, 1.54) is 5.57 Å². The fourth-order valence-electron chi connectivity index (χ4n) is 3.65. The van der Waals surface area contributed by atoms with Crippen LogP contribution in [-0.4, -0.2) is 21.9 Å². The van der Waals surface area contributed by atoms with Crippen molar-refractivity contribution in [1.82, 2.24) is 0 Å². The Balaban J connectivity index is 2.40. The van der Waals surface area contributed by atoms with Gasteiger partial charge in [0.15, 0.2) is 0 Å². The lowest BCUT2D eigenvalue weighted by Crippen LogP contribution is -2.43. The standard InChI is InChI=1S/C15H26O2/c1-13(2)11-5-8-15(4,17)10-9-14(11,3)7-6-12(13)16/h5,12,16-17H,6-10H2,1-4H3/t12-,14-,15+/m0/s1. The predicted molar refractivity (Wildman–Crippen MR) is 69.7 cm³/mol. The van der Waals surface area contributed by atoms with E-state index in [0.717, 1.165) is 25.7 Å². The molecule has 0 bridgehead atoms. The molecule has 0 aromatic heterocycles. The van der Waals surface area contributed by atoms with Crippen LogP contribution in [0.3, 0.4) is 0 Å². The molecule has 0 saturated heterocycles. The van der Waals surface area contributed by atoms with Crippen molar-refractivity contribution in [1.29, 1.82) is 0 Å². The van der Waals surface area contributed by atoms with Gasteiger partial charge in [-0.2, -0.15) is 0 Å². The first kappa shape index (κ1) is 13.1. The van der Waals surface area contributed by atoms with E-state index in [2.05, 4.69) is 26.8 Å². The zero-order chi connectivity index (χ0) is 12.9. The van der Waals surface area contributed by atoms with Crippen molar-refractivity contribution in [2.75, 3.05) is 0 Å². The molecule has 2 nitrogen and oxygen atoms in total.